The molecule has 2 amide bonds. The molecule has 0 atom stereocenters. The highest BCUT2D eigenvalue weighted by atomic mass is 16.5. The molecule has 0 aliphatic carbocycles. The molecule has 0 bridgehead atoms. The zero-order chi connectivity index (χ0) is 16.9. The summed E-state index contributed by atoms with van der Waals surface area (Å²) in [7, 11) is 1.59. The summed E-state index contributed by atoms with van der Waals surface area (Å²) >= 11 is 0. The van der Waals surface area contributed by atoms with E-state index in [1.54, 1.807) is 18.9 Å². The summed E-state index contributed by atoms with van der Waals surface area (Å²) < 4.78 is 10.4. The Morgan fingerprint density at radius 1 is 1.29 bits per heavy atom. The van der Waals surface area contributed by atoms with Gasteiger partial charge in [-0.3, -0.25) is 4.90 Å². The van der Waals surface area contributed by atoms with Crippen LogP contribution in [0.4, 0.5) is 10.5 Å². The van der Waals surface area contributed by atoms with Crippen LogP contribution in [-0.4, -0.2) is 59.3 Å². The summed E-state index contributed by atoms with van der Waals surface area (Å²) in [5.41, 5.74) is 0.675. The van der Waals surface area contributed by atoms with Crippen molar-refractivity contribution < 1.29 is 14.1 Å². The van der Waals surface area contributed by atoms with Gasteiger partial charge in [0.1, 0.15) is 5.75 Å². The topological polar surface area (TPSA) is 83.7 Å². The maximum absolute atomic E-state index is 12.4. The molecule has 128 valence electrons. The van der Waals surface area contributed by atoms with Crippen LogP contribution in [0.25, 0.3) is 0 Å². The molecule has 1 fully saturated rings. The van der Waals surface area contributed by atoms with Crippen LogP contribution in [0.3, 0.4) is 0 Å². The van der Waals surface area contributed by atoms with Crippen molar-refractivity contribution >= 4 is 11.7 Å². The van der Waals surface area contributed by atoms with Gasteiger partial charge in [-0.15, -0.1) is 0 Å². The molecule has 1 aromatic heterocycles. The molecule has 3 rings (SSSR count). The van der Waals surface area contributed by atoms with Gasteiger partial charge < -0.3 is 19.5 Å². The molecule has 24 heavy (non-hydrogen) atoms. The van der Waals surface area contributed by atoms with Gasteiger partial charge in [-0.25, -0.2) is 4.79 Å². The molecular weight excluding hydrogens is 310 g/mol. The van der Waals surface area contributed by atoms with E-state index in [0.29, 0.717) is 42.8 Å². The van der Waals surface area contributed by atoms with Crippen molar-refractivity contribution in [3.05, 3.63) is 36.0 Å². The predicted molar refractivity (Wildman–Crippen MR) is 87.9 cm³/mol. The third kappa shape index (κ3) is 3.83. The number of aromatic nitrogens is 2. The number of benzene rings is 1. The van der Waals surface area contributed by atoms with E-state index >= 15 is 0 Å². The van der Waals surface area contributed by atoms with Gasteiger partial charge in [0.25, 0.3) is 0 Å². The summed E-state index contributed by atoms with van der Waals surface area (Å²) in [6, 6.07) is 7.26. The first-order valence-electron chi connectivity index (χ1n) is 7.86. The molecule has 2 heterocycles. The van der Waals surface area contributed by atoms with Crippen LogP contribution < -0.4 is 10.1 Å². The molecule has 8 heteroatoms. The number of urea groups is 1. The van der Waals surface area contributed by atoms with Crippen LogP contribution in [0.1, 0.15) is 11.7 Å². The van der Waals surface area contributed by atoms with Gasteiger partial charge in [-0.1, -0.05) is 17.3 Å². The highest BCUT2D eigenvalue weighted by Crippen LogP contribution is 2.23. The van der Waals surface area contributed by atoms with E-state index in [1.807, 2.05) is 24.3 Å². The first kappa shape index (κ1) is 16.3. The Morgan fingerprint density at radius 2 is 2.04 bits per heavy atom. The zero-order valence-corrected chi connectivity index (χ0v) is 13.9. The van der Waals surface area contributed by atoms with Crippen molar-refractivity contribution in [3.63, 3.8) is 0 Å². The van der Waals surface area contributed by atoms with Gasteiger partial charge in [0.2, 0.25) is 5.89 Å². The lowest BCUT2D eigenvalue weighted by Crippen LogP contribution is -2.49. The van der Waals surface area contributed by atoms with Crippen molar-refractivity contribution in [1.29, 1.82) is 0 Å². The second-order valence-corrected chi connectivity index (χ2v) is 5.63. The minimum absolute atomic E-state index is 0.118. The molecule has 1 aliphatic heterocycles. The number of hydrogen-bond donors (Lipinski definition) is 1. The second-order valence-electron chi connectivity index (χ2n) is 5.63. The van der Waals surface area contributed by atoms with Crippen molar-refractivity contribution in [2.75, 3.05) is 38.6 Å². The van der Waals surface area contributed by atoms with Gasteiger partial charge >= 0.3 is 6.03 Å². The van der Waals surface area contributed by atoms with Gasteiger partial charge in [0.05, 0.1) is 19.3 Å². The van der Waals surface area contributed by atoms with Crippen LogP contribution >= 0.6 is 0 Å². The predicted octanol–water partition coefficient (Wildman–Crippen LogP) is 1.74. The number of amides is 2. The van der Waals surface area contributed by atoms with Gasteiger partial charge in [-0.05, 0) is 19.1 Å². The van der Waals surface area contributed by atoms with E-state index in [9.17, 15) is 4.79 Å². The molecule has 1 N–H and O–H groups in total. The highest BCUT2D eigenvalue weighted by Gasteiger charge is 2.23. The summed E-state index contributed by atoms with van der Waals surface area (Å²) in [4.78, 5) is 20.6. The molecule has 0 unspecified atom stereocenters. The number of nitrogens with zero attached hydrogens (tertiary/aromatic N) is 4. The molecule has 0 spiro atoms. The highest BCUT2D eigenvalue weighted by molar-refractivity contribution is 5.91. The van der Waals surface area contributed by atoms with Crippen LogP contribution in [0.5, 0.6) is 5.75 Å². The maximum Gasteiger partial charge on any atom is 0.322 e. The summed E-state index contributed by atoms with van der Waals surface area (Å²) in [5, 5.41) is 6.69. The molecule has 1 saturated heterocycles. The molecule has 0 saturated carbocycles. The number of rotatable bonds is 4. The number of nitrogens with one attached hydrogen (secondary N) is 1. The molecular formula is C16H21N5O3. The van der Waals surface area contributed by atoms with E-state index in [1.165, 1.54) is 0 Å². The first-order valence-corrected chi connectivity index (χ1v) is 7.86. The van der Waals surface area contributed by atoms with Gasteiger partial charge in [0.15, 0.2) is 5.82 Å². The van der Waals surface area contributed by atoms with Crippen molar-refractivity contribution in [2.45, 2.75) is 13.5 Å². The Balaban J connectivity index is 1.51. The third-order valence-electron chi connectivity index (χ3n) is 3.94. The SMILES string of the molecule is COc1ccccc1NC(=O)N1CCN(Cc2nc(C)no2)CC1. The van der Waals surface area contributed by atoms with E-state index in [0.717, 1.165) is 13.1 Å². The normalized spacial score (nSPS) is 15.3. The van der Waals surface area contributed by atoms with Crippen LogP contribution in [0, 0.1) is 6.92 Å². The number of piperazine rings is 1. The average Bonchev–Trinajstić information content (AvgIpc) is 3.01. The number of hydrogen-bond acceptors (Lipinski definition) is 6. The van der Waals surface area contributed by atoms with Crippen molar-refractivity contribution in [2.24, 2.45) is 0 Å². The number of para-hydroxylation sites is 2. The number of ether oxygens (including phenoxy) is 1. The largest absolute Gasteiger partial charge is 0.495 e. The average molecular weight is 331 g/mol. The molecule has 1 aliphatic rings. The minimum Gasteiger partial charge on any atom is -0.495 e. The smallest absolute Gasteiger partial charge is 0.322 e. The standard InChI is InChI=1S/C16H21N5O3/c1-12-17-15(24-19-12)11-20-7-9-21(10-8-20)16(22)18-13-5-3-4-6-14(13)23-2/h3-6H,7-11H2,1-2H3,(H,18,22). The van der Waals surface area contributed by atoms with Gasteiger partial charge in [0, 0.05) is 26.2 Å². The first-order chi connectivity index (χ1) is 11.7. The van der Waals surface area contributed by atoms with E-state index < -0.39 is 0 Å². The molecule has 8 nitrogen and oxygen atoms in total. The van der Waals surface area contributed by atoms with E-state index in [2.05, 4.69) is 20.4 Å². The number of carbonyl (C=O) groups excluding carboxylic acids is 1. The third-order valence-corrected chi connectivity index (χ3v) is 3.94. The fraction of sp³-hybridized carbons (Fsp3) is 0.438. The Morgan fingerprint density at radius 3 is 2.71 bits per heavy atom. The fourth-order valence-corrected chi connectivity index (χ4v) is 2.65. The number of aryl methyl sites for hydroxylation is 1. The lowest BCUT2D eigenvalue weighted by molar-refractivity contribution is 0.133. The Labute approximate surface area is 140 Å². The summed E-state index contributed by atoms with van der Waals surface area (Å²) in [6.07, 6.45) is 0. The minimum atomic E-state index is -0.118. The Bertz CT molecular complexity index is 695. The Hall–Kier alpha value is -2.61. The monoisotopic (exact) mass is 331 g/mol. The number of methoxy groups -OCH3 is 1. The molecule has 0 radical (unpaired) electrons. The molecule has 2 aromatic rings. The lowest BCUT2D eigenvalue weighted by Gasteiger charge is -2.33. The lowest BCUT2D eigenvalue weighted by atomic mass is 10.3. The van der Waals surface area contributed by atoms with Crippen molar-refractivity contribution in [3.8, 4) is 5.75 Å². The maximum atomic E-state index is 12.4. The number of anilines is 1. The Kier molecular flexibility index (Phi) is 4.95. The fourth-order valence-electron chi connectivity index (χ4n) is 2.65. The van der Waals surface area contributed by atoms with Crippen LogP contribution in [0.2, 0.25) is 0 Å². The quantitative estimate of drug-likeness (QED) is 0.919. The van der Waals surface area contributed by atoms with E-state index in [-0.39, 0.29) is 6.03 Å². The van der Waals surface area contributed by atoms with Gasteiger partial charge in [-0.2, -0.15) is 4.98 Å². The summed E-state index contributed by atoms with van der Waals surface area (Å²) in [6.45, 7) is 5.24. The van der Waals surface area contributed by atoms with Crippen molar-refractivity contribution in [1.82, 2.24) is 19.9 Å². The van der Waals surface area contributed by atoms with Crippen LogP contribution in [-0.2, 0) is 6.54 Å². The van der Waals surface area contributed by atoms with E-state index in [4.69, 9.17) is 9.26 Å². The molecule has 1 aromatic carbocycles. The second kappa shape index (κ2) is 7.31. The van der Waals surface area contributed by atoms with Crippen LogP contribution in [0.15, 0.2) is 28.8 Å². The zero-order valence-electron chi connectivity index (χ0n) is 13.9. The number of carbonyl (C=O) groups is 1. The summed E-state index contributed by atoms with van der Waals surface area (Å²) in [5.74, 6) is 1.90.